The van der Waals surface area contributed by atoms with Crippen molar-refractivity contribution in [2.45, 2.75) is 18.6 Å². The van der Waals surface area contributed by atoms with Crippen LogP contribution in [0.5, 0.6) is 0 Å². The SMILES string of the molecule is O=S1CCCNC(c2cccc(C(F)(F)F)c2)C1. The Labute approximate surface area is 106 Å². The molecule has 2 atom stereocenters. The Hall–Kier alpha value is -0.880. The van der Waals surface area contributed by atoms with E-state index in [1.165, 1.54) is 6.07 Å². The van der Waals surface area contributed by atoms with Gasteiger partial charge < -0.3 is 5.32 Å². The smallest absolute Gasteiger partial charge is 0.309 e. The first kappa shape index (κ1) is 13.5. The van der Waals surface area contributed by atoms with Crippen LogP contribution in [-0.2, 0) is 17.0 Å². The van der Waals surface area contributed by atoms with Crippen molar-refractivity contribution in [3.63, 3.8) is 0 Å². The fraction of sp³-hybridized carbons (Fsp3) is 0.500. The number of alkyl halides is 3. The number of benzene rings is 1. The topological polar surface area (TPSA) is 29.1 Å². The quantitative estimate of drug-likeness (QED) is 0.854. The monoisotopic (exact) mass is 277 g/mol. The van der Waals surface area contributed by atoms with Crippen LogP contribution in [0.1, 0.15) is 23.6 Å². The third-order valence-electron chi connectivity index (χ3n) is 2.91. The van der Waals surface area contributed by atoms with E-state index < -0.39 is 22.5 Å². The molecule has 1 aliphatic rings. The molecule has 18 heavy (non-hydrogen) atoms. The molecular weight excluding hydrogens is 263 g/mol. The maximum Gasteiger partial charge on any atom is 0.416 e. The zero-order valence-corrected chi connectivity index (χ0v) is 10.5. The van der Waals surface area contributed by atoms with Gasteiger partial charge in [0.2, 0.25) is 0 Å². The Morgan fingerprint density at radius 3 is 2.83 bits per heavy atom. The first-order chi connectivity index (χ1) is 8.47. The van der Waals surface area contributed by atoms with Crippen LogP contribution >= 0.6 is 0 Å². The minimum atomic E-state index is -4.33. The lowest BCUT2D eigenvalue weighted by molar-refractivity contribution is -0.137. The Bertz CT molecular complexity index is 447. The molecule has 1 aliphatic heterocycles. The molecule has 1 aromatic carbocycles. The molecule has 0 radical (unpaired) electrons. The summed E-state index contributed by atoms with van der Waals surface area (Å²) in [6, 6.07) is 4.98. The predicted molar refractivity (Wildman–Crippen MR) is 64.7 cm³/mol. The third-order valence-corrected chi connectivity index (χ3v) is 4.36. The molecule has 1 N–H and O–H groups in total. The number of hydrogen-bond donors (Lipinski definition) is 1. The van der Waals surface area contributed by atoms with Gasteiger partial charge in [0.25, 0.3) is 0 Å². The van der Waals surface area contributed by atoms with Crippen molar-refractivity contribution in [1.29, 1.82) is 0 Å². The summed E-state index contributed by atoms with van der Waals surface area (Å²) in [6.07, 6.45) is -3.54. The van der Waals surface area contributed by atoms with E-state index in [4.69, 9.17) is 0 Å². The molecule has 0 bridgehead atoms. The molecular formula is C12H14F3NOS. The molecule has 100 valence electrons. The second-order valence-corrected chi connectivity index (χ2v) is 5.92. The molecule has 1 fully saturated rings. The molecule has 1 heterocycles. The van der Waals surface area contributed by atoms with Gasteiger partial charge in [0.05, 0.1) is 5.56 Å². The summed E-state index contributed by atoms with van der Waals surface area (Å²) in [5.74, 6) is 0.990. The van der Waals surface area contributed by atoms with Crippen molar-refractivity contribution in [3.8, 4) is 0 Å². The van der Waals surface area contributed by atoms with Crippen LogP contribution in [0.15, 0.2) is 24.3 Å². The van der Waals surface area contributed by atoms with Crippen molar-refractivity contribution in [3.05, 3.63) is 35.4 Å². The van der Waals surface area contributed by atoms with Gasteiger partial charge in [0, 0.05) is 28.3 Å². The number of hydrogen-bond acceptors (Lipinski definition) is 2. The van der Waals surface area contributed by atoms with Gasteiger partial charge >= 0.3 is 6.18 Å². The van der Waals surface area contributed by atoms with Crippen LogP contribution < -0.4 is 5.32 Å². The normalized spacial score (nSPS) is 25.7. The number of nitrogens with one attached hydrogen (secondary N) is 1. The number of rotatable bonds is 1. The molecule has 0 aliphatic carbocycles. The van der Waals surface area contributed by atoms with Gasteiger partial charge in [0.15, 0.2) is 0 Å². The maximum absolute atomic E-state index is 12.6. The fourth-order valence-electron chi connectivity index (χ4n) is 1.98. The summed E-state index contributed by atoms with van der Waals surface area (Å²) >= 11 is 0. The van der Waals surface area contributed by atoms with Gasteiger partial charge in [-0.05, 0) is 30.7 Å². The van der Waals surface area contributed by atoms with E-state index in [1.807, 2.05) is 0 Å². The zero-order valence-electron chi connectivity index (χ0n) is 9.67. The Kier molecular flexibility index (Phi) is 4.07. The highest BCUT2D eigenvalue weighted by Gasteiger charge is 2.31. The molecule has 2 unspecified atom stereocenters. The van der Waals surface area contributed by atoms with Crippen LogP contribution in [0, 0.1) is 0 Å². The summed E-state index contributed by atoms with van der Waals surface area (Å²) in [6.45, 7) is 0.687. The van der Waals surface area contributed by atoms with Crippen molar-refractivity contribution in [2.24, 2.45) is 0 Å². The summed E-state index contributed by atoms with van der Waals surface area (Å²) in [5.41, 5.74) is -0.100. The predicted octanol–water partition coefficient (Wildman–Crippen LogP) is 2.49. The molecule has 6 heteroatoms. The van der Waals surface area contributed by atoms with Crippen molar-refractivity contribution in [1.82, 2.24) is 5.32 Å². The van der Waals surface area contributed by atoms with E-state index in [9.17, 15) is 17.4 Å². The fourth-order valence-corrected chi connectivity index (χ4v) is 3.30. The molecule has 0 spiro atoms. The van der Waals surface area contributed by atoms with Gasteiger partial charge in [-0.25, -0.2) is 0 Å². The highest BCUT2D eigenvalue weighted by molar-refractivity contribution is 7.85. The Morgan fingerprint density at radius 2 is 2.11 bits per heavy atom. The highest BCUT2D eigenvalue weighted by atomic mass is 32.2. The van der Waals surface area contributed by atoms with E-state index in [-0.39, 0.29) is 6.04 Å². The largest absolute Gasteiger partial charge is 0.416 e. The standard InChI is InChI=1S/C12H14F3NOS/c13-12(14,15)10-4-1-3-9(7-10)11-8-18(17)6-2-5-16-11/h1,3-4,7,11,16H,2,5-6,8H2. The second kappa shape index (κ2) is 5.40. The minimum Gasteiger partial charge on any atom is -0.309 e. The summed E-state index contributed by atoms with van der Waals surface area (Å²) in [5, 5.41) is 3.15. The van der Waals surface area contributed by atoms with Crippen LogP contribution in [0.25, 0.3) is 0 Å². The van der Waals surface area contributed by atoms with Crippen LogP contribution in [-0.4, -0.2) is 22.3 Å². The summed E-state index contributed by atoms with van der Waals surface area (Å²) in [4.78, 5) is 0. The highest BCUT2D eigenvalue weighted by Crippen LogP contribution is 2.31. The average Bonchev–Trinajstić information content (AvgIpc) is 2.53. The summed E-state index contributed by atoms with van der Waals surface area (Å²) < 4.78 is 49.4. The second-order valence-electron chi connectivity index (χ2n) is 4.29. The molecule has 2 nitrogen and oxygen atoms in total. The molecule has 0 saturated carbocycles. The van der Waals surface area contributed by atoms with E-state index in [0.717, 1.165) is 18.6 Å². The van der Waals surface area contributed by atoms with Crippen molar-refractivity contribution in [2.75, 3.05) is 18.1 Å². The lowest BCUT2D eigenvalue weighted by Gasteiger charge is -2.17. The van der Waals surface area contributed by atoms with Gasteiger partial charge in [-0.1, -0.05) is 12.1 Å². The first-order valence-electron chi connectivity index (χ1n) is 5.72. The van der Waals surface area contributed by atoms with Gasteiger partial charge in [-0.2, -0.15) is 13.2 Å². The van der Waals surface area contributed by atoms with Gasteiger partial charge in [-0.3, -0.25) is 4.21 Å². The average molecular weight is 277 g/mol. The molecule has 1 aromatic rings. The van der Waals surface area contributed by atoms with Crippen LogP contribution in [0.2, 0.25) is 0 Å². The first-order valence-corrected chi connectivity index (χ1v) is 7.21. The van der Waals surface area contributed by atoms with E-state index >= 15 is 0 Å². The molecule has 2 rings (SSSR count). The Morgan fingerprint density at radius 1 is 1.33 bits per heavy atom. The van der Waals surface area contributed by atoms with E-state index in [2.05, 4.69) is 5.32 Å². The lowest BCUT2D eigenvalue weighted by atomic mass is 10.0. The van der Waals surface area contributed by atoms with Gasteiger partial charge in [-0.15, -0.1) is 0 Å². The van der Waals surface area contributed by atoms with Crippen LogP contribution in [0.4, 0.5) is 13.2 Å². The summed E-state index contributed by atoms with van der Waals surface area (Å²) in [7, 11) is -0.960. The maximum atomic E-state index is 12.6. The van der Waals surface area contributed by atoms with Crippen molar-refractivity contribution < 1.29 is 17.4 Å². The minimum absolute atomic E-state index is 0.254. The van der Waals surface area contributed by atoms with Gasteiger partial charge in [0.1, 0.15) is 0 Å². The third kappa shape index (κ3) is 3.32. The van der Waals surface area contributed by atoms with E-state index in [1.54, 1.807) is 6.07 Å². The van der Waals surface area contributed by atoms with Crippen molar-refractivity contribution >= 4 is 10.8 Å². The molecule has 0 aromatic heterocycles. The van der Waals surface area contributed by atoms with Crippen LogP contribution in [0.3, 0.4) is 0 Å². The Balaban J connectivity index is 2.24. The molecule has 1 saturated heterocycles. The number of halogens is 3. The molecule has 0 amide bonds. The zero-order chi connectivity index (χ0) is 13.2. The lowest BCUT2D eigenvalue weighted by Crippen LogP contribution is -2.24. The van der Waals surface area contributed by atoms with E-state index in [0.29, 0.717) is 23.6 Å².